The zero-order chi connectivity index (χ0) is 12.0. The molecule has 1 atom stereocenters. The van der Waals surface area contributed by atoms with Crippen molar-refractivity contribution in [3.63, 3.8) is 0 Å². The van der Waals surface area contributed by atoms with E-state index in [0.717, 1.165) is 11.8 Å². The lowest BCUT2D eigenvalue weighted by atomic mass is 10.2. The van der Waals surface area contributed by atoms with Crippen molar-refractivity contribution in [2.24, 2.45) is 5.73 Å². The first-order valence-corrected chi connectivity index (χ1v) is 5.80. The van der Waals surface area contributed by atoms with Crippen LogP contribution in [0.5, 0.6) is 0 Å². The summed E-state index contributed by atoms with van der Waals surface area (Å²) in [6.45, 7) is 0. The van der Waals surface area contributed by atoms with Crippen LogP contribution >= 0.6 is 11.8 Å². The van der Waals surface area contributed by atoms with Gasteiger partial charge in [-0.15, -0.1) is 0 Å². The van der Waals surface area contributed by atoms with E-state index in [-0.39, 0.29) is 5.12 Å². The van der Waals surface area contributed by atoms with E-state index in [9.17, 15) is 9.59 Å². The number of carbonyl (C=O) groups is 2. The highest BCUT2D eigenvalue weighted by Crippen LogP contribution is 2.13. The van der Waals surface area contributed by atoms with E-state index < -0.39 is 12.0 Å². The molecule has 3 N–H and O–H groups in total. The summed E-state index contributed by atoms with van der Waals surface area (Å²) in [5.41, 5.74) is 5.94. The van der Waals surface area contributed by atoms with Gasteiger partial charge in [0.25, 0.3) is 0 Å². The Bertz CT molecular complexity index is 367. The maximum absolute atomic E-state index is 11.6. The van der Waals surface area contributed by atoms with Crippen molar-refractivity contribution in [2.45, 2.75) is 12.5 Å². The fourth-order valence-corrected chi connectivity index (χ4v) is 1.92. The summed E-state index contributed by atoms with van der Waals surface area (Å²) in [7, 11) is 0. The van der Waals surface area contributed by atoms with E-state index in [1.807, 2.05) is 6.07 Å². The Hall–Kier alpha value is -1.33. The highest BCUT2D eigenvalue weighted by Gasteiger charge is 2.12. The molecule has 0 aliphatic rings. The normalized spacial score (nSPS) is 12.1. The first kappa shape index (κ1) is 12.7. The molecule has 0 aromatic heterocycles. The second-order valence-corrected chi connectivity index (χ2v) is 4.30. The predicted octanol–water partition coefficient (Wildman–Crippen LogP) is 1.36. The van der Waals surface area contributed by atoms with Gasteiger partial charge >= 0.3 is 5.97 Å². The van der Waals surface area contributed by atoms with Gasteiger partial charge in [0.2, 0.25) is 5.12 Å². The zero-order valence-electron chi connectivity index (χ0n) is 8.63. The quantitative estimate of drug-likeness (QED) is 0.811. The van der Waals surface area contributed by atoms with Gasteiger partial charge in [-0.25, -0.2) is 0 Å². The molecule has 0 saturated heterocycles. The molecular formula is C11H13NO3S. The monoisotopic (exact) mass is 239 g/mol. The van der Waals surface area contributed by atoms with Crippen LogP contribution in [0.25, 0.3) is 0 Å². The van der Waals surface area contributed by atoms with E-state index in [1.54, 1.807) is 24.3 Å². The Labute approximate surface area is 97.8 Å². The summed E-state index contributed by atoms with van der Waals surface area (Å²) in [4.78, 5) is 22.0. The van der Waals surface area contributed by atoms with Crippen molar-refractivity contribution in [2.75, 3.05) is 5.75 Å². The Morgan fingerprint density at radius 1 is 1.31 bits per heavy atom. The van der Waals surface area contributed by atoms with E-state index in [1.165, 1.54) is 0 Å². The fraction of sp³-hybridized carbons (Fsp3) is 0.273. The van der Waals surface area contributed by atoms with Gasteiger partial charge < -0.3 is 10.8 Å². The minimum absolute atomic E-state index is 0.0572. The number of rotatable bonds is 5. The summed E-state index contributed by atoms with van der Waals surface area (Å²) < 4.78 is 0. The van der Waals surface area contributed by atoms with Gasteiger partial charge in [0.15, 0.2) is 0 Å². The second-order valence-electron chi connectivity index (χ2n) is 3.24. The molecule has 16 heavy (non-hydrogen) atoms. The average Bonchev–Trinajstić information content (AvgIpc) is 2.29. The summed E-state index contributed by atoms with van der Waals surface area (Å²) in [5, 5.41) is 8.49. The first-order chi connectivity index (χ1) is 7.61. The zero-order valence-corrected chi connectivity index (χ0v) is 9.44. The van der Waals surface area contributed by atoms with E-state index in [2.05, 4.69) is 0 Å². The molecule has 1 rings (SSSR count). The van der Waals surface area contributed by atoms with E-state index >= 15 is 0 Å². The van der Waals surface area contributed by atoms with Crippen LogP contribution in [0.1, 0.15) is 16.8 Å². The molecule has 0 unspecified atom stereocenters. The molecule has 0 radical (unpaired) electrons. The lowest BCUT2D eigenvalue weighted by molar-refractivity contribution is -0.138. The summed E-state index contributed by atoms with van der Waals surface area (Å²) in [6.07, 6.45) is 0.290. The summed E-state index contributed by atoms with van der Waals surface area (Å²) in [5.74, 6) is -0.617. The van der Waals surface area contributed by atoms with Gasteiger partial charge in [-0.1, -0.05) is 42.1 Å². The predicted molar refractivity (Wildman–Crippen MR) is 63.5 cm³/mol. The first-order valence-electron chi connectivity index (χ1n) is 4.82. The highest BCUT2D eigenvalue weighted by molar-refractivity contribution is 8.14. The van der Waals surface area contributed by atoms with Crippen LogP contribution in [0.4, 0.5) is 0 Å². The molecule has 0 bridgehead atoms. The molecule has 1 aromatic rings. The van der Waals surface area contributed by atoms with Crippen LogP contribution in [0.15, 0.2) is 30.3 Å². The molecular weight excluding hydrogens is 226 g/mol. The minimum atomic E-state index is -1.03. The van der Waals surface area contributed by atoms with Crippen LogP contribution < -0.4 is 5.73 Å². The number of benzene rings is 1. The van der Waals surface area contributed by atoms with Crippen molar-refractivity contribution in [3.05, 3.63) is 35.9 Å². The lowest BCUT2D eigenvalue weighted by Gasteiger charge is -2.04. The molecule has 0 spiro atoms. The number of carbonyl (C=O) groups excluding carboxylic acids is 1. The summed E-state index contributed by atoms with van der Waals surface area (Å²) >= 11 is 1.09. The molecule has 0 saturated carbocycles. The lowest BCUT2D eigenvalue weighted by Crippen LogP contribution is -2.30. The Morgan fingerprint density at radius 3 is 2.50 bits per heavy atom. The highest BCUT2D eigenvalue weighted by atomic mass is 32.2. The number of carboxylic acid groups (broad SMARTS) is 1. The van der Waals surface area contributed by atoms with Gasteiger partial charge in [-0.3, -0.25) is 9.59 Å². The van der Waals surface area contributed by atoms with Crippen LogP contribution in [0, 0.1) is 0 Å². The minimum Gasteiger partial charge on any atom is -0.480 e. The average molecular weight is 239 g/mol. The molecule has 86 valence electrons. The molecule has 0 fully saturated rings. The molecule has 1 aromatic carbocycles. The summed E-state index contributed by atoms with van der Waals surface area (Å²) in [6, 6.07) is 7.98. The van der Waals surface area contributed by atoms with E-state index in [4.69, 9.17) is 10.8 Å². The molecule has 4 nitrogen and oxygen atoms in total. The number of carboxylic acids is 1. The second kappa shape index (κ2) is 6.30. The maximum atomic E-state index is 11.6. The van der Waals surface area contributed by atoms with E-state index in [0.29, 0.717) is 17.7 Å². The van der Waals surface area contributed by atoms with Crippen molar-refractivity contribution in [3.8, 4) is 0 Å². The number of thioether (sulfide) groups is 1. The molecule has 0 aliphatic heterocycles. The van der Waals surface area contributed by atoms with Crippen LogP contribution in [0.3, 0.4) is 0 Å². The van der Waals surface area contributed by atoms with Crippen molar-refractivity contribution >= 4 is 22.8 Å². The molecule has 0 heterocycles. The SMILES string of the molecule is N[C@@H](CCSC(=O)c1ccccc1)C(=O)O. The fourth-order valence-electron chi connectivity index (χ4n) is 1.06. The van der Waals surface area contributed by atoms with Crippen LogP contribution in [-0.2, 0) is 4.79 Å². The van der Waals surface area contributed by atoms with Crippen LogP contribution in [-0.4, -0.2) is 28.0 Å². The molecule has 5 heteroatoms. The van der Waals surface area contributed by atoms with Crippen molar-refractivity contribution in [1.82, 2.24) is 0 Å². The third-order valence-corrected chi connectivity index (χ3v) is 2.93. The van der Waals surface area contributed by atoms with Gasteiger partial charge in [0.05, 0.1) is 0 Å². The number of nitrogens with two attached hydrogens (primary N) is 1. The smallest absolute Gasteiger partial charge is 0.320 e. The van der Waals surface area contributed by atoms with Gasteiger partial charge in [-0.2, -0.15) is 0 Å². The van der Waals surface area contributed by atoms with Crippen molar-refractivity contribution < 1.29 is 14.7 Å². The van der Waals surface area contributed by atoms with Gasteiger partial charge in [0.1, 0.15) is 6.04 Å². The Morgan fingerprint density at radius 2 is 1.94 bits per heavy atom. The van der Waals surface area contributed by atoms with Crippen LogP contribution in [0.2, 0.25) is 0 Å². The number of hydrogen-bond donors (Lipinski definition) is 2. The third-order valence-electron chi connectivity index (χ3n) is 1.99. The standard InChI is InChI=1S/C11H13NO3S/c12-9(10(13)14)6-7-16-11(15)8-4-2-1-3-5-8/h1-5,9H,6-7,12H2,(H,13,14)/t9-/m0/s1. The maximum Gasteiger partial charge on any atom is 0.320 e. The topological polar surface area (TPSA) is 80.4 Å². The Kier molecular flexibility index (Phi) is 5.01. The van der Waals surface area contributed by atoms with Gasteiger partial charge in [0, 0.05) is 11.3 Å². The third kappa shape index (κ3) is 4.04. The Balaban J connectivity index is 2.34. The molecule has 0 amide bonds. The number of hydrogen-bond acceptors (Lipinski definition) is 4. The van der Waals surface area contributed by atoms with Gasteiger partial charge in [-0.05, 0) is 6.42 Å². The molecule has 0 aliphatic carbocycles. The number of aliphatic carboxylic acids is 1. The largest absolute Gasteiger partial charge is 0.480 e. The van der Waals surface area contributed by atoms with Crippen molar-refractivity contribution in [1.29, 1.82) is 0 Å².